The molecule has 2 aromatic rings. The lowest BCUT2D eigenvalue weighted by Crippen LogP contribution is -2.35. The van der Waals surface area contributed by atoms with Crippen LogP contribution in [-0.4, -0.2) is 40.0 Å². The van der Waals surface area contributed by atoms with E-state index in [1.807, 2.05) is 36.4 Å². The number of ether oxygens (including phenoxy) is 2. The average molecular weight is 377 g/mol. The van der Waals surface area contributed by atoms with Crippen molar-refractivity contribution in [2.75, 3.05) is 27.3 Å². The first kappa shape index (κ1) is 18.4. The van der Waals surface area contributed by atoms with E-state index in [1.165, 1.54) is 24.6 Å². The van der Waals surface area contributed by atoms with Crippen LogP contribution in [0.15, 0.2) is 53.4 Å². The highest BCUT2D eigenvalue weighted by Crippen LogP contribution is 2.34. The lowest BCUT2D eigenvalue weighted by molar-refractivity contribution is 0.349. The van der Waals surface area contributed by atoms with E-state index in [9.17, 15) is 12.8 Å². The Hall–Kier alpha value is -2.38. The maximum Gasteiger partial charge on any atom is 0.246 e. The summed E-state index contributed by atoms with van der Waals surface area (Å²) in [5, 5.41) is 0. The summed E-state index contributed by atoms with van der Waals surface area (Å²) in [6.07, 6.45) is 2.44. The number of nitrogens with zero attached hydrogens (tertiary/aromatic N) is 1. The zero-order chi connectivity index (χ0) is 18.7. The van der Waals surface area contributed by atoms with Crippen molar-refractivity contribution in [3.05, 3.63) is 59.9 Å². The minimum atomic E-state index is -3.98. The maximum atomic E-state index is 14.4. The highest BCUT2D eigenvalue weighted by atomic mass is 32.2. The highest BCUT2D eigenvalue weighted by molar-refractivity contribution is 7.89. The molecule has 0 aliphatic carbocycles. The molecule has 0 N–H and O–H groups in total. The van der Waals surface area contributed by atoms with E-state index in [-0.39, 0.29) is 24.6 Å². The standard InChI is InChI=1S/C19H20FNO4S/c1-24-17-12-16(20)19(13-18(17)25-2)26(22,23)21-10-8-15(9-11-21)14-6-4-3-5-7-14/h3-8,12-13H,9-11H2,1-2H3. The average Bonchev–Trinajstić information content (AvgIpc) is 2.68. The zero-order valence-electron chi connectivity index (χ0n) is 14.6. The van der Waals surface area contributed by atoms with Crippen molar-refractivity contribution in [3.63, 3.8) is 0 Å². The largest absolute Gasteiger partial charge is 0.493 e. The van der Waals surface area contributed by atoms with E-state index in [1.54, 1.807) is 0 Å². The number of halogens is 1. The molecule has 0 radical (unpaired) electrons. The minimum absolute atomic E-state index is 0.147. The van der Waals surface area contributed by atoms with Crippen LogP contribution in [0.3, 0.4) is 0 Å². The van der Waals surface area contributed by atoms with Gasteiger partial charge in [0.05, 0.1) is 14.2 Å². The fraction of sp³-hybridized carbons (Fsp3) is 0.263. The fourth-order valence-electron chi connectivity index (χ4n) is 2.96. The second-order valence-electron chi connectivity index (χ2n) is 5.85. The number of sulfonamides is 1. The van der Waals surface area contributed by atoms with Crippen LogP contribution in [0.4, 0.5) is 4.39 Å². The fourth-order valence-corrected chi connectivity index (χ4v) is 4.40. The third kappa shape index (κ3) is 3.45. The molecule has 1 aliphatic rings. The predicted octanol–water partition coefficient (Wildman–Crippen LogP) is 3.32. The van der Waals surface area contributed by atoms with Gasteiger partial charge in [0.25, 0.3) is 0 Å². The van der Waals surface area contributed by atoms with Crippen molar-refractivity contribution >= 4 is 15.6 Å². The Morgan fingerprint density at radius 1 is 1.04 bits per heavy atom. The molecule has 26 heavy (non-hydrogen) atoms. The predicted molar refractivity (Wildman–Crippen MR) is 97.3 cm³/mol. The van der Waals surface area contributed by atoms with Crippen LogP contribution < -0.4 is 9.47 Å². The first-order chi connectivity index (χ1) is 12.5. The van der Waals surface area contributed by atoms with Gasteiger partial charge in [0, 0.05) is 25.2 Å². The quantitative estimate of drug-likeness (QED) is 0.802. The Morgan fingerprint density at radius 2 is 1.69 bits per heavy atom. The maximum absolute atomic E-state index is 14.4. The normalized spacial score (nSPS) is 15.4. The summed E-state index contributed by atoms with van der Waals surface area (Å²) in [4.78, 5) is -0.410. The molecule has 3 rings (SSSR count). The molecule has 2 aromatic carbocycles. The van der Waals surface area contributed by atoms with Crippen molar-refractivity contribution in [2.24, 2.45) is 0 Å². The van der Waals surface area contributed by atoms with E-state index in [0.717, 1.165) is 17.2 Å². The van der Waals surface area contributed by atoms with Crippen molar-refractivity contribution < 1.29 is 22.3 Å². The van der Waals surface area contributed by atoms with Crippen molar-refractivity contribution in [1.82, 2.24) is 4.31 Å². The second kappa shape index (κ2) is 7.47. The molecule has 0 bridgehead atoms. The van der Waals surface area contributed by atoms with Gasteiger partial charge >= 0.3 is 0 Å². The van der Waals surface area contributed by atoms with Gasteiger partial charge in [-0.1, -0.05) is 36.4 Å². The topological polar surface area (TPSA) is 55.8 Å². The van der Waals surface area contributed by atoms with Crippen LogP contribution in [-0.2, 0) is 10.0 Å². The molecule has 0 saturated heterocycles. The van der Waals surface area contributed by atoms with Gasteiger partial charge < -0.3 is 9.47 Å². The lowest BCUT2D eigenvalue weighted by atomic mass is 10.0. The van der Waals surface area contributed by atoms with Crippen molar-refractivity contribution in [2.45, 2.75) is 11.3 Å². The number of methoxy groups -OCH3 is 2. The van der Waals surface area contributed by atoms with Crippen molar-refractivity contribution in [3.8, 4) is 11.5 Å². The molecule has 0 unspecified atom stereocenters. The summed E-state index contributed by atoms with van der Waals surface area (Å²) in [5.41, 5.74) is 2.16. The molecule has 0 atom stereocenters. The minimum Gasteiger partial charge on any atom is -0.493 e. The number of benzene rings is 2. The summed E-state index contributed by atoms with van der Waals surface area (Å²) in [6, 6.07) is 12.0. The molecule has 1 heterocycles. The Balaban J connectivity index is 1.89. The van der Waals surface area contributed by atoms with E-state index in [4.69, 9.17) is 9.47 Å². The number of rotatable bonds is 5. The molecule has 0 amide bonds. The first-order valence-corrected chi connectivity index (χ1v) is 9.57. The Morgan fingerprint density at radius 3 is 2.27 bits per heavy atom. The molecule has 7 heteroatoms. The summed E-state index contributed by atoms with van der Waals surface area (Å²) in [6.45, 7) is 0.483. The molecule has 0 saturated carbocycles. The molecule has 138 valence electrons. The third-order valence-corrected chi connectivity index (χ3v) is 6.25. The molecular formula is C19H20FNO4S. The first-order valence-electron chi connectivity index (χ1n) is 8.13. The number of hydrogen-bond acceptors (Lipinski definition) is 4. The molecule has 5 nitrogen and oxygen atoms in total. The van der Waals surface area contributed by atoms with Gasteiger partial charge in [-0.15, -0.1) is 0 Å². The zero-order valence-corrected chi connectivity index (χ0v) is 15.4. The van der Waals surface area contributed by atoms with E-state index in [2.05, 4.69) is 0 Å². The van der Waals surface area contributed by atoms with Gasteiger partial charge in [-0.25, -0.2) is 12.8 Å². The van der Waals surface area contributed by atoms with Crippen LogP contribution in [0.25, 0.3) is 5.57 Å². The van der Waals surface area contributed by atoms with Crippen molar-refractivity contribution in [1.29, 1.82) is 0 Å². The SMILES string of the molecule is COc1cc(F)c(S(=O)(=O)N2CC=C(c3ccccc3)CC2)cc1OC. The molecular weight excluding hydrogens is 357 g/mol. The van der Waals surface area contributed by atoms with E-state index >= 15 is 0 Å². The van der Waals surface area contributed by atoms with Gasteiger partial charge in [0.1, 0.15) is 10.7 Å². The third-order valence-electron chi connectivity index (χ3n) is 4.37. The molecule has 0 fully saturated rings. The number of hydrogen-bond donors (Lipinski definition) is 0. The Bertz CT molecular complexity index is 926. The van der Waals surface area contributed by atoms with Crippen LogP contribution >= 0.6 is 0 Å². The van der Waals surface area contributed by atoms with Gasteiger partial charge in [-0.05, 0) is 17.6 Å². The molecule has 0 spiro atoms. The van der Waals surface area contributed by atoms with Gasteiger partial charge in [0.15, 0.2) is 11.5 Å². The molecule has 0 aromatic heterocycles. The Kier molecular flexibility index (Phi) is 5.29. The van der Waals surface area contributed by atoms with Gasteiger partial charge in [-0.3, -0.25) is 0 Å². The highest BCUT2D eigenvalue weighted by Gasteiger charge is 2.30. The molecule has 1 aliphatic heterocycles. The Labute approximate surface area is 152 Å². The van der Waals surface area contributed by atoms with E-state index in [0.29, 0.717) is 6.42 Å². The van der Waals surface area contributed by atoms with Crippen LogP contribution in [0.1, 0.15) is 12.0 Å². The van der Waals surface area contributed by atoms with Gasteiger partial charge in [-0.2, -0.15) is 4.31 Å². The summed E-state index contributed by atoms with van der Waals surface area (Å²) in [5.74, 6) is -0.542. The smallest absolute Gasteiger partial charge is 0.246 e. The monoisotopic (exact) mass is 377 g/mol. The summed E-state index contributed by atoms with van der Waals surface area (Å²) >= 11 is 0. The van der Waals surface area contributed by atoms with E-state index < -0.39 is 20.7 Å². The second-order valence-corrected chi connectivity index (χ2v) is 7.75. The summed E-state index contributed by atoms with van der Waals surface area (Å²) in [7, 11) is -1.23. The van der Waals surface area contributed by atoms with Crippen LogP contribution in [0.2, 0.25) is 0 Å². The van der Waals surface area contributed by atoms with Gasteiger partial charge in [0.2, 0.25) is 10.0 Å². The lowest BCUT2D eigenvalue weighted by Gasteiger charge is -2.26. The van der Waals surface area contributed by atoms with Crippen LogP contribution in [0, 0.1) is 5.82 Å². The van der Waals surface area contributed by atoms with Crippen LogP contribution in [0.5, 0.6) is 11.5 Å². The summed E-state index contributed by atoms with van der Waals surface area (Å²) < 4.78 is 51.5.